The number of guanidine groups is 1. The molecule has 1 saturated carbocycles. The molecule has 155 valence electrons. The van der Waals surface area contributed by atoms with E-state index in [1.807, 2.05) is 37.8 Å². The van der Waals surface area contributed by atoms with Crippen molar-refractivity contribution >= 4 is 46.2 Å². The van der Waals surface area contributed by atoms with Gasteiger partial charge in [0.15, 0.2) is 0 Å². The van der Waals surface area contributed by atoms with Crippen LogP contribution < -0.4 is 27.8 Å². The fraction of sp³-hybridized carbons (Fsp3) is 0.158. The van der Waals surface area contributed by atoms with Gasteiger partial charge in [-0.2, -0.15) is 4.98 Å². The normalized spacial score (nSPS) is 13.7. The molecule has 3 rings (SSSR count). The zero-order valence-electron chi connectivity index (χ0n) is 16.0. The lowest BCUT2D eigenvalue weighted by Gasteiger charge is -2.13. The fourth-order valence-corrected chi connectivity index (χ4v) is 2.65. The van der Waals surface area contributed by atoms with Crippen molar-refractivity contribution < 1.29 is 14.4 Å². The van der Waals surface area contributed by atoms with Gasteiger partial charge in [0, 0.05) is 30.0 Å². The molecule has 1 heterocycles. The molecule has 1 aromatic carbocycles. The third kappa shape index (κ3) is 5.93. The molecule has 1 aromatic heterocycles. The van der Waals surface area contributed by atoms with Crippen molar-refractivity contribution in [2.45, 2.75) is 12.8 Å². The number of amides is 1. The lowest BCUT2D eigenvalue weighted by Crippen LogP contribution is -2.23. The Hall–Kier alpha value is -3.63. The number of oxime groups is 1. The van der Waals surface area contributed by atoms with E-state index in [1.54, 1.807) is 6.07 Å². The summed E-state index contributed by atoms with van der Waals surface area (Å²) in [4.78, 5) is 36.5. The molecule has 1 fully saturated rings. The third-order valence-electron chi connectivity index (χ3n) is 4.01. The van der Waals surface area contributed by atoms with Gasteiger partial charge < -0.3 is 32.7 Å². The summed E-state index contributed by atoms with van der Waals surface area (Å²) in [6.45, 7) is 0.647. The van der Waals surface area contributed by atoms with E-state index in [2.05, 4.69) is 30.6 Å². The molecule has 0 spiro atoms. The number of fused-ring (bicyclic) bond motifs is 1. The second-order valence-corrected chi connectivity index (χ2v) is 6.34. The first-order chi connectivity index (χ1) is 14.4. The Morgan fingerprint density at radius 3 is 2.60 bits per heavy atom. The summed E-state index contributed by atoms with van der Waals surface area (Å²) in [7, 11) is 0. The van der Waals surface area contributed by atoms with Crippen molar-refractivity contribution in [2.24, 2.45) is 16.6 Å². The molecular weight excluding hydrogens is 388 g/mol. The van der Waals surface area contributed by atoms with Crippen LogP contribution in [-0.2, 0) is 14.4 Å². The predicted octanol–water partition coefficient (Wildman–Crippen LogP) is 0.479. The zero-order valence-corrected chi connectivity index (χ0v) is 16.0. The predicted molar refractivity (Wildman–Crippen MR) is 113 cm³/mol. The van der Waals surface area contributed by atoms with Crippen LogP contribution in [0.3, 0.4) is 0 Å². The number of nitrogens with one attached hydrogen (secondary N) is 2. The number of nitrogens with two attached hydrogens (primary N) is 3. The number of hydrogen-bond donors (Lipinski definition) is 5. The number of nitrogens with zero attached hydrogens (tertiary/aromatic N) is 3. The van der Waals surface area contributed by atoms with E-state index in [0.29, 0.717) is 17.4 Å². The largest absolute Gasteiger partial charge is 0.384 e. The van der Waals surface area contributed by atoms with Gasteiger partial charge in [0.1, 0.15) is 5.82 Å². The van der Waals surface area contributed by atoms with Gasteiger partial charge in [0.05, 0.1) is 11.9 Å². The zero-order chi connectivity index (χ0) is 21.5. The van der Waals surface area contributed by atoms with E-state index < -0.39 is 17.8 Å². The van der Waals surface area contributed by atoms with Crippen LogP contribution in [-0.4, -0.2) is 34.3 Å². The van der Waals surface area contributed by atoms with Crippen LogP contribution >= 0.6 is 0 Å². The molecule has 0 unspecified atom stereocenters. The fourth-order valence-electron chi connectivity index (χ4n) is 2.65. The Morgan fingerprint density at radius 1 is 1.10 bits per heavy atom. The minimum Gasteiger partial charge on any atom is -0.384 e. The molecular formula is C19H21N8O3. The van der Waals surface area contributed by atoms with Crippen LogP contribution in [0, 0.1) is 31.6 Å². The SMILES string of the molecule is NC(N)=NOC(=O)CCC(=O)Nc1nc(N)nc2ccc(NC[C]3[CH][CH][CH][CH]3)cc12. The number of rotatable bonds is 8. The van der Waals surface area contributed by atoms with Crippen molar-refractivity contribution in [1.82, 2.24) is 9.97 Å². The molecule has 0 bridgehead atoms. The number of aromatic nitrogens is 2. The lowest BCUT2D eigenvalue weighted by molar-refractivity contribution is -0.144. The molecule has 1 aliphatic rings. The number of anilines is 3. The van der Waals surface area contributed by atoms with Gasteiger partial charge in [-0.1, -0.05) is 0 Å². The van der Waals surface area contributed by atoms with E-state index >= 15 is 0 Å². The average molecular weight is 409 g/mol. The van der Waals surface area contributed by atoms with Crippen molar-refractivity contribution in [1.29, 1.82) is 0 Å². The number of nitrogen functional groups attached to an aromatic ring is 1. The van der Waals surface area contributed by atoms with Crippen LogP contribution in [0.1, 0.15) is 12.8 Å². The van der Waals surface area contributed by atoms with Crippen LogP contribution in [0.5, 0.6) is 0 Å². The second-order valence-electron chi connectivity index (χ2n) is 6.34. The van der Waals surface area contributed by atoms with Gasteiger partial charge in [0.25, 0.3) is 0 Å². The molecule has 8 N–H and O–H groups in total. The Balaban J connectivity index is 1.67. The van der Waals surface area contributed by atoms with E-state index in [-0.39, 0.29) is 24.6 Å². The lowest BCUT2D eigenvalue weighted by atomic mass is 10.1. The van der Waals surface area contributed by atoms with Crippen LogP contribution in [0.4, 0.5) is 17.5 Å². The summed E-state index contributed by atoms with van der Waals surface area (Å²) < 4.78 is 0. The highest BCUT2D eigenvalue weighted by Crippen LogP contribution is 2.27. The first-order valence-electron chi connectivity index (χ1n) is 9.01. The van der Waals surface area contributed by atoms with Crippen molar-refractivity contribution in [3.63, 3.8) is 0 Å². The minimum atomic E-state index is -0.746. The molecule has 11 heteroatoms. The molecule has 0 saturated heterocycles. The molecule has 0 aliphatic heterocycles. The van der Waals surface area contributed by atoms with Gasteiger partial charge in [-0.15, -0.1) is 0 Å². The first-order valence-corrected chi connectivity index (χ1v) is 9.01. The van der Waals surface area contributed by atoms with Crippen LogP contribution in [0.15, 0.2) is 23.4 Å². The maximum atomic E-state index is 12.3. The number of hydrogen-bond acceptors (Lipinski definition) is 8. The highest BCUT2D eigenvalue weighted by molar-refractivity contribution is 6.01. The smallest absolute Gasteiger partial charge is 0.335 e. The Bertz CT molecular complexity index is 952. The quantitative estimate of drug-likeness (QED) is 0.179. The minimum absolute atomic E-state index is 0.0162. The van der Waals surface area contributed by atoms with Gasteiger partial charge in [-0.05, 0) is 49.0 Å². The highest BCUT2D eigenvalue weighted by Gasteiger charge is 2.17. The van der Waals surface area contributed by atoms with E-state index in [0.717, 1.165) is 11.6 Å². The Morgan fingerprint density at radius 2 is 1.87 bits per heavy atom. The summed E-state index contributed by atoms with van der Waals surface area (Å²) in [5, 5.41) is 9.69. The van der Waals surface area contributed by atoms with Crippen molar-refractivity contribution in [2.75, 3.05) is 22.9 Å². The molecule has 1 aliphatic carbocycles. The van der Waals surface area contributed by atoms with Gasteiger partial charge in [0.2, 0.25) is 17.8 Å². The highest BCUT2D eigenvalue weighted by atomic mass is 16.7. The first kappa shape index (κ1) is 21.1. The number of benzene rings is 1. The van der Waals surface area contributed by atoms with Gasteiger partial charge >= 0.3 is 5.97 Å². The Kier molecular flexibility index (Phi) is 6.83. The van der Waals surface area contributed by atoms with Gasteiger partial charge in [-0.3, -0.25) is 4.79 Å². The van der Waals surface area contributed by atoms with Crippen LogP contribution in [0.2, 0.25) is 0 Å². The summed E-state index contributed by atoms with van der Waals surface area (Å²) in [6, 6.07) is 5.46. The van der Waals surface area contributed by atoms with Gasteiger partial charge in [-0.25, -0.2) is 9.78 Å². The third-order valence-corrected chi connectivity index (χ3v) is 4.01. The molecule has 1 amide bonds. The molecule has 5 radical (unpaired) electrons. The van der Waals surface area contributed by atoms with Crippen LogP contribution in [0.25, 0.3) is 10.9 Å². The van der Waals surface area contributed by atoms with E-state index in [9.17, 15) is 9.59 Å². The average Bonchev–Trinajstić information content (AvgIpc) is 3.23. The standard InChI is InChI=1S/C19H21N8O3/c20-18(21)27-30-16(29)8-7-15(28)25-17-13-9-12(23-10-11-3-1-2-4-11)5-6-14(13)24-19(22)26-17/h1-6,9,23H,7-8,10H2,(H4,20,21,27)(H3,22,24,25,26,28). The number of carbonyl (C=O) groups excluding carboxylic acids is 2. The monoisotopic (exact) mass is 409 g/mol. The maximum absolute atomic E-state index is 12.3. The molecule has 2 aromatic rings. The van der Waals surface area contributed by atoms with Crippen molar-refractivity contribution in [3.8, 4) is 0 Å². The maximum Gasteiger partial charge on any atom is 0.335 e. The molecule has 0 atom stereocenters. The Labute approximate surface area is 173 Å². The second kappa shape index (κ2) is 9.72. The molecule has 11 nitrogen and oxygen atoms in total. The summed E-state index contributed by atoms with van der Waals surface area (Å²) in [5.74, 6) is -0.182. The van der Waals surface area contributed by atoms with E-state index in [1.165, 1.54) is 0 Å². The topological polar surface area (TPSA) is 184 Å². The van der Waals surface area contributed by atoms with Crippen molar-refractivity contribution in [3.05, 3.63) is 49.8 Å². The summed E-state index contributed by atoms with van der Waals surface area (Å²) in [5.41, 5.74) is 17.3. The van der Waals surface area contributed by atoms with E-state index in [4.69, 9.17) is 17.2 Å². The number of carbonyl (C=O) groups is 2. The summed E-state index contributed by atoms with van der Waals surface area (Å²) in [6.07, 6.45) is 7.60. The molecule has 30 heavy (non-hydrogen) atoms. The summed E-state index contributed by atoms with van der Waals surface area (Å²) >= 11 is 0.